The number of imidazole rings is 1. The highest BCUT2D eigenvalue weighted by Crippen LogP contribution is 2.51. The van der Waals surface area contributed by atoms with Crippen LogP contribution in [-0.2, 0) is 6.54 Å². The fourth-order valence-electron chi connectivity index (χ4n) is 2.67. The lowest BCUT2D eigenvalue weighted by atomic mass is 10.1. The molecule has 1 fully saturated rings. The minimum atomic E-state index is 0.136. The normalized spacial score (nSPS) is 21.9. The van der Waals surface area contributed by atoms with E-state index >= 15 is 0 Å². The first-order chi connectivity index (χ1) is 9.54. The molecular formula is C17H23N3. The Morgan fingerprint density at radius 1 is 1.25 bits per heavy atom. The van der Waals surface area contributed by atoms with E-state index in [1.807, 2.05) is 12.5 Å². The van der Waals surface area contributed by atoms with Gasteiger partial charge in [-0.15, -0.1) is 0 Å². The molecule has 2 unspecified atom stereocenters. The van der Waals surface area contributed by atoms with E-state index in [4.69, 9.17) is 0 Å². The van der Waals surface area contributed by atoms with Gasteiger partial charge in [-0.1, -0.05) is 30.3 Å². The van der Waals surface area contributed by atoms with Crippen molar-refractivity contribution in [3.63, 3.8) is 0 Å². The zero-order valence-corrected chi connectivity index (χ0v) is 12.5. The summed E-state index contributed by atoms with van der Waals surface area (Å²) in [5.41, 5.74) is 2.86. The summed E-state index contributed by atoms with van der Waals surface area (Å²) in [7, 11) is 0. The SMILES string of the molecule is CC(C)(C)NCc1cncn1C1CC1c1ccccc1. The van der Waals surface area contributed by atoms with E-state index in [1.54, 1.807) is 0 Å². The van der Waals surface area contributed by atoms with Crippen LogP contribution in [0.25, 0.3) is 0 Å². The molecule has 2 aromatic rings. The van der Waals surface area contributed by atoms with Crippen molar-refractivity contribution in [1.82, 2.24) is 14.9 Å². The summed E-state index contributed by atoms with van der Waals surface area (Å²) in [5, 5.41) is 3.54. The smallest absolute Gasteiger partial charge is 0.0951 e. The average molecular weight is 269 g/mol. The molecular weight excluding hydrogens is 246 g/mol. The van der Waals surface area contributed by atoms with Crippen LogP contribution in [0.4, 0.5) is 0 Å². The van der Waals surface area contributed by atoms with Crippen LogP contribution in [-0.4, -0.2) is 15.1 Å². The Hall–Kier alpha value is -1.61. The lowest BCUT2D eigenvalue weighted by Crippen LogP contribution is -2.35. The molecule has 1 aromatic carbocycles. The van der Waals surface area contributed by atoms with Gasteiger partial charge in [-0.25, -0.2) is 4.98 Å². The Kier molecular flexibility index (Phi) is 3.38. The van der Waals surface area contributed by atoms with Gasteiger partial charge in [-0.2, -0.15) is 0 Å². The minimum absolute atomic E-state index is 0.136. The third kappa shape index (κ3) is 2.93. The Bertz CT molecular complexity index is 565. The summed E-state index contributed by atoms with van der Waals surface area (Å²) in [6.07, 6.45) is 5.19. The van der Waals surface area contributed by atoms with E-state index in [1.165, 1.54) is 17.7 Å². The number of benzene rings is 1. The second-order valence-corrected chi connectivity index (χ2v) is 6.72. The van der Waals surface area contributed by atoms with Crippen molar-refractivity contribution in [2.45, 2.75) is 51.2 Å². The van der Waals surface area contributed by atoms with Gasteiger partial charge in [0.15, 0.2) is 0 Å². The number of hydrogen-bond acceptors (Lipinski definition) is 2. The van der Waals surface area contributed by atoms with E-state index in [2.05, 4.69) is 66.0 Å². The Morgan fingerprint density at radius 2 is 2.00 bits per heavy atom. The Labute approximate surface area is 121 Å². The van der Waals surface area contributed by atoms with E-state index in [9.17, 15) is 0 Å². The lowest BCUT2D eigenvalue weighted by Gasteiger charge is -2.21. The highest BCUT2D eigenvalue weighted by Gasteiger charge is 2.40. The van der Waals surface area contributed by atoms with Crippen LogP contribution in [0, 0.1) is 0 Å². The van der Waals surface area contributed by atoms with E-state index in [0.29, 0.717) is 12.0 Å². The van der Waals surface area contributed by atoms with Gasteiger partial charge in [0.05, 0.1) is 12.0 Å². The lowest BCUT2D eigenvalue weighted by molar-refractivity contribution is 0.415. The van der Waals surface area contributed by atoms with E-state index < -0.39 is 0 Å². The second-order valence-electron chi connectivity index (χ2n) is 6.72. The summed E-state index contributed by atoms with van der Waals surface area (Å²) < 4.78 is 2.34. The Morgan fingerprint density at radius 3 is 2.70 bits per heavy atom. The zero-order valence-electron chi connectivity index (χ0n) is 12.5. The molecule has 0 radical (unpaired) electrons. The predicted octanol–water partition coefficient (Wildman–Crippen LogP) is 3.50. The van der Waals surface area contributed by atoms with E-state index in [0.717, 1.165) is 6.54 Å². The highest BCUT2D eigenvalue weighted by molar-refractivity contribution is 5.27. The van der Waals surface area contributed by atoms with Crippen molar-refractivity contribution in [2.75, 3.05) is 0 Å². The van der Waals surface area contributed by atoms with Gasteiger partial charge in [-0.05, 0) is 32.8 Å². The molecule has 1 saturated carbocycles. The van der Waals surface area contributed by atoms with Crippen molar-refractivity contribution in [1.29, 1.82) is 0 Å². The van der Waals surface area contributed by atoms with Gasteiger partial charge >= 0.3 is 0 Å². The highest BCUT2D eigenvalue weighted by atomic mass is 15.1. The summed E-state index contributed by atoms with van der Waals surface area (Å²) in [6, 6.07) is 11.4. The molecule has 2 atom stereocenters. The van der Waals surface area contributed by atoms with Crippen molar-refractivity contribution < 1.29 is 0 Å². The average Bonchev–Trinajstić information content (AvgIpc) is 3.07. The molecule has 0 aliphatic heterocycles. The first-order valence-electron chi connectivity index (χ1n) is 7.35. The maximum atomic E-state index is 4.34. The summed E-state index contributed by atoms with van der Waals surface area (Å²) in [4.78, 5) is 4.34. The summed E-state index contributed by atoms with van der Waals surface area (Å²) in [6.45, 7) is 7.45. The van der Waals surface area contributed by atoms with Crippen molar-refractivity contribution in [3.8, 4) is 0 Å². The predicted molar refractivity (Wildman–Crippen MR) is 81.7 cm³/mol. The molecule has 1 aromatic heterocycles. The topological polar surface area (TPSA) is 29.9 Å². The molecule has 1 heterocycles. The van der Waals surface area contributed by atoms with Crippen LogP contribution in [0.2, 0.25) is 0 Å². The summed E-state index contributed by atoms with van der Waals surface area (Å²) in [5.74, 6) is 0.652. The summed E-state index contributed by atoms with van der Waals surface area (Å²) >= 11 is 0. The van der Waals surface area contributed by atoms with Crippen LogP contribution in [0.3, 0.4) is 0 Å². The van der Waals surface area contributed by atoms with Crippen LogP contribution in [0.1, 0.15) is 50.4 Å². The van der Waals surface area contributed by atoms with Crippen molar-refractivity contribution in [2.24, 2.45) is 0 Å². The van der Waals surface area contributed by atoms with Gasteiger partial charge in [0, 0.05) is 30.2 Å². The maximum Gasteiger partial charge on any atom is 0.0951 e. The molecule has 0 spiro atoms. The molecule has 0 saturated heterocycles. The zero-order chi connectivity index (χ0) is 14.2. The van der Waals surface area contributed by atoms with Gasteiger partial charge in [0.25, 0.3) is 0 Å². The molecule has 0 amide bonds. The number of aromatic nitrogens is 2. The number of nitrogens with one attached hydrogen (secondary N) is 1. The molecule has 106 valence electrons. The second kappa shape index (κ2) is 5.06. The van der Waals surface area contributed by atoms with Crippen LogP contribution in [0.5, 0.6) is 0 Å². The van der Waals surface area contributed by atoms with Gasteiger partial charge in [0.2, 0.25) is 0 Å². The first kappa shape index (κ1) is 13.4. The van der Waals surface area contributed by atoms with Crippen molar-refractivity contribution in [3.05, 3.63) is 54.1 Å². The van der Waals surface area contributed by atoms with Gasteiger partial charge < -0.3 is 9.88 Å². The quantitative estimate of drug-likeness (QED) is 0.920. The molecule has 3 nitrogen and oxygen atoms in total. The maximum absolute atomic E-state index is 4.34. The third-order valence-corrected chi connectivity index (χ3v) is 3.89. The van der Waals surface area contributed by atoms with Gasteiger partial charge in [-0.3, -0.25) is 0 Å². The molecule has 1 aliphatic carbocycles. The number of hydrogen-bond donors (Lipinski definition) is 1. The van der Waals surface area contributed by atoms with E-state index in [-0.39, 0.29) is 5.54 Å². The van der Waals surface area contributed by atoms with Gasteiger partial charge in [0.1, 0.15) is 0 Å². The number of nitrogens with zero attached hydrogens (tertiary/aromatic N) is 2. The molecule has 1 N–H and O–H groups in total. The van der Waals surface area contributed by atoms with Crippen LogP contribution >= 0.6 is 0 Å². The Balaban J connectivity index is 1.69. The third-order valence-electron chi connectivity index (χ3n) is 3.89. The van der Waals surface area contributed by atoms with Crippen LogP contribution < -0.4 is 5.32 Å². The molecule has 3 rings (SSSR count). The standard InChI is InChI=1S/C17H23N3/c1-17(2,3)19-11-14-10-18-12-20(14)16-9-15(16)13-7-5-4-6-8-13/h4-8,10,12,15-16,19H,9,11H2,1-3H3. The first-order valence-corrected chi connectivity index (χ1v) is 7.35. The molecule has 0 bridgehead atoms. The van der Waals surface area contributed by atoms with Crippen LogP contribution in [0.15, 0.2) is 42.9 Å². The fraction of sp³-hybridized carbons (Fsp3) is 0.471. The van der Waals surface area contributed by atoms with Crippen molar-refractivity contribution >= 4 is 0 Å². The molecule has 3 heteroatoms. The number of rotatable bonds is 4. The fourth-order valence-corrected chi connectivity index (χ4v) is 2.67. The monoisotopic (exact) mass is 269 g/mol. The minimum Gasteiger partial charge on any atom is -0.330 e. The molecule has 1 aliphatic rings. The largest absolute Gasteiger partial charge is 0.330 e. The molecule has 20 heavy (non-hydrogen) atoms.